The summed E-state index contributed by atoms with van der Waals surface area (Å²) in [6, 6.07) is 5.08. The lowest BCUT2D eigenvalue weighted by atomic mass is 10.2. The Morgan fingerprint density at radius 3 is 2.15 bits per heavy atom. The molecule has 1 aromatic heterocycles. The molecule has 0 aliphatic carbocycles. The summed E-state index contributed by atoms with van der Waals surface area (Å²) in [4.78, 5) is 23.9. The highest BCUT2D eigenvalue weighted by Crippen LogP contribution is 2.47. The minimum absolute atomic E-state index is 0.00787. The quantitative estimate of drug-likeness (QED) is 0.521. The molecule has 9 heteroatoms. The van der Waals surface area contributed by atoms with Crippen LogP contribution in [0.25, 0.3) is 0 Å². The van der Waals surface area contributed by atoms with Crippen molar-refractivity contribution in [2.24, 2.45) is 0 Å². The third kappa shape index (κ3) is 1.77. The van der Waals surface area contributed by atoms with Gasteiger partial charge in [-0.05, 0) is 12.1 Å². The Morgan fingerprint density at radius 2 is 1.55 bits per heavy atom. The van der Waals surface area contributed by atoms with E-state index in [4.69, 9.17) is 9.47 Å². The maximum atomic E-state index is 10.8. The molecule has 1 aliphatic rings. The van der Waals surface area contributed by atoms with Crippen LogP contribution in [0.15, 0.2) is 30.5 Å². The molecule has 20 heavy (non-hydrogen) atoms. The fourth-order valence-electron chi connectivity index (χ4n) is 1.74. The summed E-state index contributed by atoms with van der Waals surface area (Å²) in [5.41, 5.74) is -1.33. The number of nitro groups is 2. The van der Waals surface area contributed by atoms with Crippen molar-refractivity contribution in [1.82, 2.24) is 4.98 Å². The van der Waals surface area contributed by atoms with Gasteiger partial charge in [-0.15, -0.1) is 0 Å². The van der Waals surface area contributed by atoms with Crippen molar-refractivity contribution in [2.75, 3.05) is 0 Å². The fraction of sp³-hybridized carbons (Fsp3) is 0. The van der Waals surface area contributed by atoms with E-state index in [-0.39, 0.29) is 23.1 Å². The Labute approximate surface area is 110 Å². The summed E-state index contributed by atoms with van der Waals surface area (Å²) in [7, 11) is 0. The first-order valence-electron chi connectivity index (χ1n) is 5.34. The zero-order chi connectivity index (χ0) is 14.3. The lowest BCUT2D eigenvalue weighted by Gasteiger charge is -2.18. The molecule has 9 nitrogen and oxygen atoms in total. The zero-order valence-electron chi connectivity index (χ0n) is 9.68. The van der Waals surface area contributed by atoms with Crippen LogP contribution in [0.1, 0.15) is 0 Å². The molecule has 3 rings (SSSR count). The largest absolute Gasteiger partial charge is 0.447 e. The van der Waals surface area contributed by atoms with Crippen LogP contribution in [0.3, 0.4) is 0 Å². The van der Waals surface area contributed by atoms with Gasteiger partial charge in [0.25, 0.3) is 5.88 Å². The van der Waals surface area contributed by atoms with Crippen LogP contribution in [0.5, 0.6) is 23.1 Å². The van der Waals surface area contributed by atoms with Crippen LogP contribution in [-0.2, 0) is 0 Å². The van der Waals surface area contributed by atoms with Crippen molar-refractivity contribution in [2.45, 2.75) is 0 Å². The molecule has 2 heterocycles. The zero-order valence-corrected chi connectivity index (χ0v) is 9.68. The molecule has 1 aromatic carbocycles. The first-order chi connectivity index (χ1) is 9.56. The van der Waals surface area contributed by atoms with Crippen LogP contribution in [0, 0.1) is 20.2 Å². The smallest absolute Gasteiger partial charge is 0.350 e. The number of hydrogen-bond donors (Lipinski definition) is 0. The number of rotatable bonds is 2. The molecule has 0 saturated carbocycles. The number of benzene rings is 1. The van der Waals surface area contributed by atoms with Gasteiger partial charge < -0.3 is 9.47 Å². The molecule has 0 amide bonds. The van der Waals surface area contributed by atoms with Gasteiger partial charge in [0.05, 0.1) is 22.0 Å². The first-order valence-corrected chi connectivity index (χ1v) is 5.34. The highest BCUT2D eigenvalue weighted by atomic mass is 16.6. The maximum absolute atomic E-state index is 10.8. The van der Waals surface area contributed by atoms with Crippen molar-refractivity contribution < 1.29 is 19.3 Å². The van der Waals surface area contributed by atoms with Crippen molar-refractivity contribution in [3.63, 3.8) is 0 Å². The molecule has 0 atom stereocenters. The van der Waals surface area contributed by atoms with Gasteiger partial charge in [0.15, 0.2) is 17.2 Å². The molecule has 2 aromatic rings. The van der Waals surface area contributed by atoms with Crippen LogP contribution >= 0.6 is 0 Å². The predicted molar refractivity (Wildman–Crippen MR) is 64.1 cm³/mol. The average Bonchev–Trinajstić information content (AvgIpc) is 2.43. The van der Waals surface area contributed by atoms with E-state index in [9.17, 15) is 20.2 Å². The molecule has 100 valence electrons. The minimum Gasteiger partial charge on any atom is -0.447 e. The number of nitrogens with zero attached hydrogens (tertiary/aromatic N) is 3. The van der Waals surface area contributed by atoms with Crippen LogP contribution in [0.4, 0.5) is 11.4 Å². The average molecular weight is 275 g/mol. The van der Waals surface area contributed by atoms with Gasteiger partial charge in [-0.25, -0.2) is 4.98 Å². The lowest BCUT2D eigenvalue weighted by Crippen LogP contribution is -2.03. The van der Waals surface area contributed by atoms with Crippen LogP contribution in [-0.4, -0.2) is 14.8 Å². The van der Waals surface area contributed by atoms with Crippen molar-refractivity contribution in [3.05, 3.63) is 50.7 Å². The molecule has 0 radical (unpaired) electrons. The molecule has 0 fully saturated rings. The van der Waals surface area contributed by atoms with E-state index in [0.29, 0.717) is 0 Å². The second-order valence-corrected chi connectivity index (χ2v) is 3.81. The third-order valence-corrected chi connectivity index (χ3v) is 2.60. The fourth-order valence-corrected chi connectivity index (χ4v) is 1.74. The Kier molecular flexibility index (Phi) is 2.46. The predicted octanol–water partition coefficient (Wildman–Crippen LogP) is 2.80. The van der Waals surface area contributed by atoms with Crippen molar-refractivity contribution in [3.8, 4) is 23.1 Å². The normalized spacial score (nSPS) is 11.6. The van der Waals surface area contributed by atoms with Crippen molar-refractivity contribution >= 4 is 11.4 Å². The number of nitro benzene ring substituents is 2. The highest BCUT2D eigenvalue weighted by Gasteiger charge is 2.31. The summed E-state index contributed by atoms with van der Waals surface area (Å²) < 4.78 is 10.7. The van der Waals surface area contributed by atoms with Gasteiger partial charge in [0.2, 0.25) is 0 Å². The Bertz CT molecular complexity index is 683. The molecule has 0 spiro atoms. The number of pyridine rings is 1. The van der Waals surface area contributed by atoms with E-state index in [2.05, 4.69) is 4.98 Å². The van der Waals surface area contributed by atoms with E-state index >= 15 is 0 Å². The molecular formula is C11H5N3O6. The Hall–Kier alpha value is -3.23. The summed E-state index contributed by atoms with van der Waals surface area (Å²) >= 11 is 0. The third-order valence-electron chi connectivity index (χ3n) is 2.60. The Balaban J connectivity index is 2.15. The van der Waals surface area contributed by atoms with Gasteiger partial charge in [-0.1, -0.05) is 0 Å². The van der Waals surface area contributed by atoms with Crippen LogP contribution in [0.2, 0.25) is 0 Å². The number of hydrogen-bond acceptors (Lipinski definition) is 7. The molecule has 1 aliphatic heterocycles. The summed E-state index contributed by atoms with van der Waals surface area (Å²) in [5, 5.41) is 21.7. The lowest BCUT2D eigenvalue weighted by molar-refractivity contribution is -0.422. The number of fused-ring (bicyclic) bond motifs is 2. The summed E-state index contributed by atoms with van der Waals surface area (Å²) in [6.45, 7) is 0. The van der Waals surface area contributed by atoms with E-state index in [1.165, 1.54) is 6.20 Å². The van der Waals surface area contributed by atoms with Gasteiger partial charge in [0, 0.05) is 6.20 Å². The maximum Gasteiger partial charge on any atom is 0.350 e. The van der Waals surface area contributed by atoms with E-state index in [1.54, 1.807) is 12.1 Å². The van der Waals surface area contributed by atoms with Gasteiger partial charge in [0.1, 0.15) is 0 Å². The molecular weight excluding hydrogens is 270 g/mol. The minimum atomic E-state index is -0.851. The van der Waals surface area contributed by atoms with Gasteiger partial charge in [-0.2, -0.15) is 0 Å². The van der Waals surface area contributed by atoms with E-state index in [0.717, 1.165) is 12.1 Å². The SMILES string of the molecule is O=[N+]([O-])c1cc2c(cc1[N+](=O)[O-])Oc1ncccc1O2. The van der Waals surface area contributed by atoms with Crippen LogP contribution < -0.4 is 9.47 Å². The number of ether oxygens (including phenoxy) is 2. The van der Waals surface area contributed by atoms with E-state index in [1.807, 2.05) is 0 Å². The van der Waals surface area contributed by atoms with Crippen molar-refractivity contribution in [1.29, 1.82) is 0 Å². The second kappa shape index (κ2) is 4.16. The van der Waals surface area contributed by atoms with Gasteiger partial charge >= 0.3 is 11.4 Å². The Morgan fingerprint density at radius 1 is 0.950 bits per heavy atom. The molecule has 0 unspecified atom stereocenters. The topological polar surface area (TPSA) is 118 Å². The van der Waals surface area contributed by atoms with E-state index < -0.39 is 21.2 Å². The standard InChI is InChI=1S/C11H5N3O6/c15-13(16)6-4-9-10(5-7(6)14(17)18)20-11-8(19-9)2-1-3-12-11/h1-5H. The summed E-state index contributed by atoms with van der Waals surface area (Å²) in [6.07, 6.45) is 1.47. The summed E-state index contributed by atoms with van der Waals surface area (Å²) in [5.74, 6) is 0.461. The number of aromatic nitrogens is 1. The molecule has 0 saturated heterocycles. The molecule has 0 N–H and O–H groups in total. The monoisotopic (exact) mass is 275 g/mol. The van der Waals surface area contributed by atoms with Gasteiger partial charge in [-0.3, -0.25) is 20.2 Å². The second-order valence-electron chi connectivity index (χ2n) is 3.81. The highest BCUT2D eigenvalue weighted by molar-refractivity contribution is 5.65. The first kappa shape index (κ1) is 11.8. The molecule has 0 bridgehead atoms.